The van der Waals surface area contributed by atoms with Crippen molar-refractivity contribution in [1.82, 2.24) is 4.90 Å². The summed E-state index contributed by atoms with van der Waals surface area (Å²) < 4.78 is 16.8. The summed E-state index contributed by atoms with van der Waals surface area (Å²) in [6.45, 7) is 7.97. The van der Waals surface area contributed by atoms with Crippen molar-refractivity contribution in [3.63, 3.8) is 0 Å². The number of hydrogen-bond donors (Lipinski definition) is 1. The lowest BCUT2D eigenvalue weighted by atomic mass is 9.90. The summed E-state index contributed by atoms with van der Waals surface area (Å²) >= 11 is 0. The second-order valence-corrected chi connectivity index (χ2v) is 7.07. The van der Waals surface area contributed by atoms with Crippen LogP contribution in [0.4, 0.5) is 4.79 Å². The summed E-state index contributed by atoms with van der Waals surface area (Å²) in [6.07, 6.45) is -0.692. The number of likely N-dealkylation sites (tertiary alicyclic amines) is 1. The highest BCUT2D eigenvalue weighted by molar-refractivity contribution is 5.72. The zero-order valence-electron chi connectivity index (χ0n) is 15.1. The van der Waals surface area contributed by atoms with Crippen LogP contribution in [0.5, 0.6) is 11.5 Å². The summed E-state index contributed by atoms with van der Waals surface area (Å²) in [4.78, 5) is 24.8. The van der Waals surface area contributed by atoms with Gasteiger partial charge in [-0.3, -0.25) is 9.69 Å². The average molecular weight is 351 g/mol. The number of carboxylic acid groups (broad SMARTS) is 1. The zero-order valence-corrected chi connectivity index (χ0v) is 15.1. The lowest BCUT2D eigenvalue weighted by molar-refractivity contribution is -0.149. The molecule has 1 aliphatic heterocycles. The molecule has 25 heavy (non-hydrogen) atoms. The second kappa shape index (κ2) is 7.21. The Hall–Kier alpha value is -2.44. The molecule has 1 aromatic rings. The number of carboxylic acids is 1. The third kappa shape index (κ3) is 5.01. The molecule has 0 aromatic heterocycles. The fraction of sp³-hybridized carbons (Fsp3) is 0.556. The fourth-order valence-corrected chi connectivity index (χ4v) is 2.64. The number of nitrogens with zero attached hydrogens (tertiary/aromatic N) is 1. The van der Waals surface area contributed by atoms with Crippen LogP contribution in [0.3, 0.4) is 0 Å². The highest BCUT2D eigenvalue weighted by atomic mass is 16.6. The quantitative estimate of drug-likeness (QED) is 0.848. The normalized spacial score (nSPS) is 15.9. The number of rotatable bonds is 6. The fourth-order valence-electron chi connectivity index (χ4n) is 2.64. The van der Waals surface area contributed by atoms with Crippen molar-refractivity contribution in [3.8, 4) is 11.5 Å². The highest BCUT2D eigenvalue weighted by Gasteiger charge is 2.50. The first kappa shape index (κ1) is 18.9. The Morgan fingerprint density at radius 1 is 1.20 bits per heavy atom. The number of carbonyl (C=O) groups excluding carboxylic acids is 1. The minimum atomic E-state index is -0.990. The van der Waals surface area contributed by atoms with E-state index in [2.05, 4.69) is 0 Å². The van der Waals surface area contributed by atoms with E-state index < -0.39 is 23.3 Å². The summed E-state index contributed by atoms with van der Waals surface area (Å²) in [5.74, 6) is 0.0256. The van der Waals surface area contributed by atoms with E-state index >= 15 is 0 Å². The molecule has 1 saturated heterocycles. The van der Waals surface area contributed by atoms with Crippen LogP contribution in [0.25, 0.3) is 0 Å². The summed E-state index contributed by atoms with van der Waals surface area (Å²) in [7, 11) is 0. The Bertz CT molecular complexity index is 631. The molecule has 1 heterocycles. The van der Waals surface area contributed by atoms with E-state index in [0.717, 1.165) is 0 Å². The van der Waals surface area contributed by atoms with Gasteiger partial charge in [0.15, 0.2) is 17.1 Å². The number of para-hydroxylation sites is 2. The highest BCUT2D eigenvalue weighted by Crippen LogP contribution is 2.36. The summed E-state index contributed by atoms with van der Waals surface area (Å²) in [5.41, 5.74) is -1.60. The van der Waals surface area contributed by atoms with Crippen LogP contribution in [-0.4, -0.2) is 53.0 Å². The van der Waals surface area contributed by atoms with Crippen LogP contribution >= 0.6 is 0 Å². The maximum Gasteiger partial charge on any atom is 0.410 e. The van der Waals surface area contributed by atoms with Gasteiger partial charge in [0.05, 0.1) is 26.1 Å². The third-order valence-corrected chi connectivity index (χ3v) is 3.56. The first-order valence-corrected chi connectivity index (χ1v) is 8.25. The predicted molar refractivity (Wildman–Crippen MR) is 91.0 cm³/mol. The summed E-state index contributed by atoms with van der Waals surface area (Å²) in [5, 5.41) is 9.23. The molecule has 0 unspecified atom stereocenters. The maximum atomic E-state index is 12.1. The van der Waals surface area contributed by atoms with Crippen molar-refractivity contribution in [2.75, 3.05) is 19.7 Å². The Kier molecular flexibility index (Phi) is 5.45. The Morgan fingerprint density at radius 3 is 2.32 bits per heavy atom. The molecule has 0 bridgehead atoms. The van der Waals surface area contributed by atoms with E-state index in [4.69, 9.17) is 14.2 Å². The van der Waals surface area contributed by atoms with E-state index in [-0.39, 0.29) is 19.5 Å². The van der Waals surface area contributed by atoms with Crippen molar-refractivity contribution in [2.24, 2.45) is 0 Å². The van der Waals surface area contributed by atoms with Crippen LogP contribution < -0.4 is 9.47 Å². The Balaban J connectivity index is 2.11. The standard InChI is InChI=1S/C18H25NO6/c1-5-23-13-8-6-7-9-14(13)24-18(10-15(20)21)11-19(12-18)16(22)25-17(2,3)4/h6-9H,5,10-12H2,1-4H3,(H,20,21). The number of ether oxygens (including phenoxy) is 3. The van der Waals surface area contributed by atoms with Gasteiger partial charge in [-0.1, -0.05) is 12.1 Å². The van der Waals surface area contributed by atoms with Gasteiger partial charge in [-0.2, -0.15) is 0 Å². The van der Waals surface area contributed by atoms with E-state index in [1.165, 1.54) is 4.90 Å². The summed E-state index contributed by atoms with van der Waals surface area (Å²) in [6, 6.07) is 7.09. The van der Waals surface area contributed by atoms with Gasteiger partial charge in [-0.15, -0.1) is 0 Å². The maximum absolute atomic E-state index is 12.1. The van der Waals surface area contributed by atoms with Gasteiger partial charge in [0.2, 0.25) is 0 Å². The molecule has 1 fully saturated rings. The lowest BCUT2D eigenvalue weighted by Gasteiger charge is -2.48. The van der Waals surface area contributed by atoms with E-state index in [9.17, 15) is 14.7 Å². The Morgan fingerprint density at radius 2 is 1.80 bits per heavy atom. The molecule has 0 atom stereocenters. The molecular weight excluding hydrogens is 326 g/mol. The molecule has 0 saturated carbocycles. The zero-order chi connectivity index (χ0) is 18.7. The minimum absolute atomic E-state index is 0.147. The molecule has 0 aliphatic carbocycles. The topological polar surface area (TPSA) is 85.3 Å². The van der Waals surface area contributed by atoms with Gasteiger partial charge in [0.25, 0.3) is 0 Å². The first-order chi connectivity index (χ1) is 11.6. The molecule has 7 heteroatoms. The minimum Gasteiger partial charge on any atom is -0.490 e. The number of aliphatic carboxylic acids is 1. The number of hydrogen-bond acceptors (Lipinski definition) is 5. The third-order valence-electron chi connectivity index (χ3n) is 3.56. The number of benzene rings is 1. The number of carbonyl (C=O) groups is 2. The van der Waals surface area contributed by atoms with Crippen LogP contribution in [0.2, 0.25) is 0 Å². The van der Waals surface area contributed by atoms with Crippen molar-refractivity contribution in [2.45, 2.75) is 45.3 Å². The number of amides is 1. The molecule has 1 aliphatic rings. The van der Waals surface area contributed by atoms with Crippen molar-refractivity contribution in [3.05, 3.63) is 24.3 Å². The molecule has 1 aromatic carbocycles. The van der Waals surface area contributed by atoms with Gasteiger partial charge < -0.3 is 19.3 Å². The van der Waals surface area contributed by atoms with E-state index in [0.29, 0.717) is 18.1 Å². The van der Waals surface area contributed by atoms with Crippen LogP contribution in [0.1, 0.15) is 34.1 Å². The average Bonchev–Trinajstić information content (AvgIpc) is 2.44. The molecule has 7 nitrogen and oxygen atoms in total. The van der Waals surface area contributed by atoms with Crippen LogP contribution in [0.15, 0.2) is 24.3 Å². The van der Waals surface area contributed by atoms with E-state index in [1.807, 2.05) is 13.0 Å². The van der Waals surface area contributed by atoms with E-state index in [1.54, 1.807) is 39.0 Å². The van der Waals surface area contributed by atoms with Crippen molar-refractivity contribution >= 4 is 12.1 Å². The lowest BCUT2D eigenvalue weighted by Crippen LogP contribution is -2.67. The second-order valence-electron chi connectivity index (χ2n) is 7.07. The first-order valence-electron chi connectivity index (χ1n) is 8.25. The predicted octanol–water partition coefficient (Wildman–Crippen LogP) is 2.93. The van der Waals surface area contributed by atoms with Gasteiger partial charge in [-0.25, -0.2) is 4.79 Å². The van der Waals surface area contributed by atoms with Gasteiger partial charge in [0, 0.05) is 0 Å². The van der Waals surface area contributed by atoms with Gasteiger partial charge >= 0.3 is 12.1 Å². The molecular formula is C18H25NO6. The van der Waals surface area contributed by atoms with Crippen LogP contribution in [-0.2, 0) is 9.53 Å². The molecule has 1 N–H and O–H groups in total. The van der Waals surface area contributed by atoms with Crippen molar-refractivity contribution < 1.29 is 28.9 Å². The molecule has 0 radical (unpaired) electrons. The van der Waals surface area contributed by atoms with Gasteiger partial charge in [-0.05, 0) is 39.8 Å². The molecule has 0 spiro atoms. The monoisotopic (exact) mass is 351 g/mol. The SMILES string of the molecule is CCOc1ccccc1OC1(CC(=O)O)CN(C(=O)OC(C)(C)C)C1. The van der Waals surface area contributed by atoms with Crippen LogP contribution in [0, 0.1) is 0 Å². The van der Waals surface area contributed by atoms with Crippen molar-refractivity contribution in [1.29, 1.82) is 0 Å². The largest absolute Gasteiger partial charge is 0.490 e. The molecule has 138 valence electrons. The van der Waals surface area contributed by atoms with Gasteiger partial charge in [0.1, 0.15) is 5.60 Å². The molecule has 1 amide bonds. The Labute approximate surface area is 147 Å². The smallest absolute Gasteiger partial charge is 0.410 e. The molecule has 2 rings (SSSR count).